The van der Waals surface area contributed by atoms with Crippen molar-refractivity contribution in [2.75, 3.05) is 36.5 Å². The molecular weight excluding hydrogens is 420 g/mol. The van der Waals surface area contributed by atoms with Crippen LogP contribution in [0.3, 0.4) is 0 Å². The molecule has 0 fully saturated rings. The third-order valence-corrected chi connectivity index (χ3v) is 6.66. The molecule has 0 aliphatic rings. The Morgan fingerprint density at radius 3 is 2.53 bits per heavy atom. The smallest absolute Gasteiger partial charge is 0.232 e. The van der Waals surface area contributed by atoms with Gasteiger partial charge in [-0.25, -0.2) is 8.42 Å². The molecule has 0 heterocycles. The van der Waals surface area contributed by atoms with E-state index in [1.165, 1.54) is 27.9 Å². The summed E-state index contributed by atoms with van der Waals surface area (Å²) >= 11 is 1.49. The molecule has 6 nitrogen and oxygen atoms in total. The minimum atomic E-state index is -3.44. The first-order valence-corrected chi connectivity index (χ1v) is 12.9. The standard InChI is InChI=1S/C22H30N2O4S2/c1-17-11-12-19(16-18(17)2)28-15-13-23-22(25)10-7-14-24(30(4,26)27)20-8-5-6-9-21(20)29-3/h5-6,8-9,11-12,16H,7,10,13-15H2,1-4H3,(H,23,25). The van der Waals surface area contributed by atoms with Gasteiger partial charge in [-0.05, 0) is 61.9 Å². The van der Waals surface area contributed by atoms with E-state index in [4.69, 9.17) is 4.74 Å². The van der Waals surface area contributed by atoms with Crippen LogP contribution >= 0.6 is 11.8 Å². The molecule has 8 heteroatoms. The van der Waals surface area contributed by atoms with Gasteiger partial charge < -0.3 is 10.1 Å². The predicted octanol–water partition coefficient (Wildman–Crippen LogP) is 3.77. The van der Waals surface area contributed by atoms with Gasteiger partial charge in [-0.2, -0.15) is 0 Å². The Bertz CT molecular complexity index is 961. The number of para-hydroxylation sites is 1. The number of aryl methyl sites for hydroxylation is 2. The van der Waals surface area contributed by atoms with Crippen LogP contribution < -0.4 is 14.4 Å². The van der Waals surface area contributed by atoms with Crippen molar-refractivity contribution in [3.8, 4) is 5.75 Å². The second kappa shape index (κ2) is 11.3. The minimum Gasteiger partial charge on any atom is -0.492 e. The number of nitrogens with one attached hydrogen (secondary N) is 1. The maximum atomic E-state index is 12.3. The first-order chi connectivity index (χ1) is 14.2. The van der Waals surface area contributed by atoms with E-state index in [2.05, 4.69) is 5.32 Å². The second-order valence-corrected chi connectivity index (χ2v) is 9.81. The number of amides is 1. The maximum Gasteiger partial charge on any atom is 0.232 e. The van der Waals surface area contributed by atoms with Crippen LogP contribution in [0, 0.1) is 13.8 Å². The van der Waals surface area contributed by atoms with Crippen molar-refractivity contribution in [3.63, 3.8) is 0 Å². The Morgan fingerprint density at radius 2 is 1.87 bits per heavy atom. The minimum absolute atomic E-state index is 0.120. The van der Waals surface area contributed by atoms with E-state index < -0.39 is 10.0 Å². The highest BCUT2D eigenvalue weighted by molar-refractivity contribution is 7.99. The van der Waals surface area contributed by atoms with E-state index in [0.29, 0.717) is 25.3 Å². The van der Waals surface area contributed by atoms with Crippen LogP contribution in [0.15, 0.2) is 47.4 Å². The summed E-state index contributed by atoms with van der Waals surface area (Å²) in [5.41, 5.74) is 3.02. The molecule has 0 aliphatic heterocycles. The summed E-state index contributed by atoms with van der Waals surface area (Å²) in [5.74, 6) is 0.661. The summed E-state index contributed by atoms with van der Waals surface area (Å²) in [6.45, 7) is 5.11. The van der Waals surface area contributed by atoms with E-state index in [9.17, 15) is 13.2 Å². The quantitative estimate of drug-likeness (QED) is 0.417. The highest BCUT2D eigenvalue weighted by atomic mass is 32.2. The van der Waals surface area contributed by atoms with Crippen LogP contribution in [-0.2, 0) is 14.8 Å². The Labute approximate surface area is 184 Å². The van der Waals surface area contributed by atoms with E-state index >= 15 is 0 Å². The molecule has 0 saturated carbocycles. The molecule has 0 bridgehead atoms. The number of ether oxygens (including phenoxy) is 1. The van der Waals surface area contributed by atoms with Gasteiger partial charge in [-0.1, -0.05) is 18.2 Å². The SMILES string of the molecule is CSc1ccccc1N(CCCC(=O)NCCOc1ccc(C)c(C)c1)S(C)(=O)=O. The average Bonchev–Trinajstić information content (AvgIpc) is 2.70. The lowest BCUT2D eigenvalue weighted by Gasteiger charge is -2.24. The third-order valence-electron chi connectivity index (χ3n) is 4.69. The summed E-state index contributed by atoms with van der Waals surface area (Å²) in [7, 11) is -3.44. The summed E-state index contributed by atoms with van der Waals surface area (Å²) in [5, 5.41) is 2.82. The number of nitrogens with zero attached hydrogens (tertiary/aromatic N) is 1. The zero-order chi connectivity index (χ0) is 22.1. The van der Waals surface area contributed by atoms with Gasteiger partial charge in [0.05, 0.1) is 18.5 Å². The summed E-state index contributed by atoms with van der Waals surface area (Å²) in [4.78, 5) is 13.0. The van der Waals surface area contributed by atoms with Gasteiger partial charge >= 0.3 is 0 Å². The Balaban J connectivity index is 1.79. The molecule has 0 atom stereocenters. The van der Waals surface area contributed by atoms with Crippen LogP contribution in [0.4, 0.5) is 5.69 Å². The molecule has 164 valence electrons. The largest absolute Gasteiger partial charge is 0.492 e. The number of hydrogen-bond acceptors (Lipinski definition) is 5. The van der Waals surface area contributed by atoms with Crippen LogP contribution in [0.25, 0.3) is 0 Å². The van der Waals surface area contributed by atoms with Crippen molar-refractivity contribution in [2.24, 2.45) is 0 Å². The number of carbonyl (C=O) groups is 1. The number of sulfonamides is 1. The molecule has 1 amide bonds. The summed E-state index contributed by atoms with van der Waals surface area (Å²) < 4.78 is 31.6. The van der Waals surface area contributed by atoms with Gasteiger partial charge in [0.1, 0.15) is 12.4 Å². The number of hydrogen-bond donors (Lipinski definition) is 1. The van der Waals surface area contributed by atoms with Crippen molar-refractivity contribution in [3.05, 3.63) is 53.6 Å². The molecule has 0 saturated heterocycles. The van der Waals surface area contributed by atoms with Crippen LogP contribution in [0.1, 0.15) is 24.0 Å². The van der Waals surface area contributed by atoms with Crippen molar-refractivity contribution >= 4 is 33.4 Å². The monoisotopic (exact) mass is 450 g/mol. The number of thioether (sulfide) groups is 1. The molecule has 30 heavy (non-hydrogen) atoms. The maximum absolute atomic E-state index is 12.3. The van der Waals surface area contributed by atoms with Gasteiger partial charge in [-0.15, -0.1) is 11.8 Å². The Hall–Kier alpha value is -2.19. The van der Waals surface area contributed by atoms with Gasteiger partial charge in [-0.3, -0.25) is 9.10 Å². The number of rotatable bonds is 11. The molecule has 0 unspecified atom stereocenters. The van der Waals surface area contributed by atoms with Gasteiger partial charge in [0.25, 0.3) is 0 Å². The average molecular weight is 451 g/mol. The summed E-state index contributed by atoms with van der Waals surface area (Å²) in [6.07, 6.45) is 3.78. The van der Waals surface area contributed by atoms with E-state index in [1.54, 1.807) is 6.07 Å². The van der Waals surface area contributed by atoms with E-state index in [0.717, 1.165) is 16.2 Å². The van der Waals surface area contributed by atoms with Crippen LogP contribution in [0.2, 0.25) is 0 Å². The molecule has 0 aromatic heterocycles. The van der Waals surface area contributed by atoms with Crippen LogP contribution in [0.5, 0.6) is 5.75 Å². The molecule has 2 aromatic carbocycles. The molecule has 0 spiro atoms. The molecule has 1 N–H and O–H groups in total. The van der Waals surface area contributed by atoms with Crippen molar-refractivity contribution in [1.82, 2.24) is 5.32 Å². The fourth-order valence-electron chi connectivity index (χ4n) is 2.94. The second-order valence-electron chi connectivity index (χ2n) is 7.06. The van der Waals surface area contributed by atoms with Gasteiger partial charge in [0.2, 0.25) is 15.9 Å². The van der Waals surface area contributed by atoms with E-state index in [-0.39, 0.29) is 18.9 Å². The molecular formula is C22H30N2O4S2. The molecule has 2 aromatic rings. The first kappa shape index (κ1) is 24.1. The predicted molar refractivity (Wildman–Crippen MR) is 124 cm³/mol. The zero-order valence-corrected chi connectivity index (χ0v) is 19.6. The third kappa shape index (κ3) is 7.25. The zero-order valence-electron chi connectivity index (χ0n) is 18.0. The fourth-order valence-corrected chi connectivity index (χ4v) is 4.57. The fraction of sp³-hybridized carbons (Fsp3) is 0.409. The topological polar surface area (TPSA) is 75.7 Å². The highest BCUT2D eigenvalue weighted by Gasteiger charge is 2.20. The lowest BCUT2D eigenvalue weighted by atomic mass is 10.1. The Morgan fingerprint density at radius 1 is 1.13 bits per heavy atom. The van der Waals surface area contributed by atoms with Crippen LogP contribution in [-0.4, -0.2) is 46.5 Å². The van der Waals surface area contributed by atoms with Crippen molar-refractivity contribution < 1.29 is 17.9 Å². The highest BCUT2D eigenvalue weighted by Crippen LogP contribution is 2.30. The van der Waals surface area contributed by atoms with Crippen molar-refractivity contribution in [1.29, 1.82) is 0 Å². The Kier molecular flexibility index (Phi) is 9.05. The molecule has 0 aliphatic carbocycles. The number of anilines is 1. The van der Waals surface area contributed by atoms with Crippen molar-refractivity contribution in [2.45, 2.75) is 31.6 Å². The van der Waals surface area contributed by atoms with Gasteiger partial charge in [0, 0.05) is 17.9 Å². The first-order valence-electron chi connectivity index (χ1n) is 9.80. The normalized spacial score (nSPS) is 11.2. The van der Waals surface area contributed by atoms with E-state index in [1.807, 2.05) is 56.5 Å². The number of benzene rings is 2. The lowest BCUT2D eigenvalue weighted by Crippen LogP contribution is -2.33. The van der Waals surface area contributed by atoms with Gasteiger partial charge in [0.15, 0.2) is 0 Å². The number of carbonyl (C=O) groups excluding carboxylic acids is 1. The lowest BCUT2D eigenvalue weighted by molar-refractivity contribution is -0.121. The molecule has 0 radical (unpaired) electrons. The summed E-state index contributed by atoms with van der Waals surface area (Å²) in [6, 6.07) is 13.3. The molecule has 2 rings (SSSR count).